The molecule has 1 N–H and O–H groups in total. The van der Waals surface area contributed by atoms with Gasteiger partial charge in [-0.1, -0.05) is 40.5 Å². The smallest absolute Gasteiger partial charge is 0.224 e. The van der Waals surface area contributed by atoms with Crippen LogP contribution < -0.4 is 5.32 Å². The monoisotopic (exact) mass is 321 g/mol. The van der Waals surface area contributed by atoms with Crippen LogP contribution >= 0.6 is 27.5 Å². The number of rotatable bonds is 5. The van der Waals surface area contributed by atoms with Gasteiger partial charge in [0, 0.05) is 22.5 Å². The second-order valence-corrected chi connectivity index (χ2v) is 5.00. The molecule has 0 fully saturated rings. The van der Waals surface area contributed by atoms with Crippen molar-refractivity contribution >= 4 is 33.4 Å². The summed E-state index contributed by atoms with van der Waals surface area (Å²) in [5.74, 6) is -0.318. The normalized spacial score (nSPS) is 12.2. The zero-order chi connectivity index (χ0) is 12.8. The molecule has 1 unspecified atom stereocenters. The Morgan fingerprint density at radius 2 is 2.29 bits per heavy atom. The van der Waals surface area contributed by atoms with E-state index in [4.69, 9.17) is 11.6 Å². The Bertz CT molecular complexity index is 380. The molecule has 94 valence electrons. The average Bonchev–Trinajstić information content (AvgIpc) is 2.31. The summed E-state index contributed by atoms with van der Waals surface area (Å²) in [6.45, 7) is 2.57. The molecule has 0 bridgehead atoms. The zero-order valence-corrected chi connectivity index (χ0v) is 11.8. The summed E-state index contributed by atoms with van der Waals surface area (Å²) in [6, 6.07) is 4.40. The van der Waals surface area contributed by atoms with Gasteiger partial charge in [0.1, 0.15) is 5.82 Å². The summed E-state index contributed by atoms with van der Waals surface area (Å²) in [6.07, 6.45) is -0.0273. The summed E-state index contributed by atoms with van der Waals surface area (Å²) in [5, 5.41) is 3.84. The molecular formula is C12H14BrClFNO. The van der Waals surface area contributed by atoms with Crippen molar-refractivity contribution in [3.63, 3.8) is 0 Å². The van der Waals surface area contributed by atoms with Crippen LogP contribution in [0.4, 0.5) is 4.39 Å². The maximum atomic E-state index is 13.4. The second kappa shape index (κ2) is 6.97. The average molecular weight is 323 g/mol. The minimum atomic E-state index is -0.443. The number of hydrogen-bond donors (Lipinski definition) is 1. The first-order chi connectivity index (χ1) is 8.04. The largest absolute Gasteiger partial charge is 0.356 e. The highest BCUT2D eigenvalue weighted by Gasteiger charge is 2.12. The highest BCUT2D eigenvalue weighted by atomic mass is 79.9. The summed E-state index contributed by atoms with van der Waals surface area (Å²) < 4.78 is 13.4. The van der Waals surface area contributed by atoms with Gasteiger partial charge in [0.2, 0.25) is 5.91 Å². The summed E-state index contributed by atoms with van der Waals surface area (Å²) in [5.41, 5.74) is 0.248. The number of benzene rings is 1. The fraction of sp³-hybridized carbons (Fsp3) is 0.417. The van der Waals surface area contributed by atoms with E-state index < -0.39 is 5.82 Å². The molecule has 1 atom stereocenters. The number of halogens is 3. The molecule has 0 heterocycles. The third kappa shape index (κ3) is 4.64. The van der Waals surface area contributed by atoms with E-state index in [2.05, 4.69) is 21.2 Å². The SMILES string of the molecule is CC(CBr)CNC(=O)Cc1c(F)cccc1Cl. The van der Waals surface area contributed by atoms with Gasteiger partial charge in [-0.2, -0.15) is 0 Å². The van der Waals surface area contributed by atoms with E-state index in [1.54, 1.807) is 6.07 Å². The summed E-state index contributed by atoms with van der Waals surface area (Å²) in [7, 11) is 0. The number of carbonyl (C=O) groups excluding carboxylic acids is 1. The van der Waals surface area contributed by atoms with Gasteiger partial charge in [0.15, 0.2) is 0 Å². The molecule has 0 saturated heterocycles. The van der Waals surface area contributed by atoms with Crippen molar-refractivity contribution < 1.29 is 9.18 Å². The van der Waals surface area contributed by atoms with Crippen molar-refractivity contribution in [2.45, 2.75) is 13.3 Å². The van der Waals surface area contributed by atoms with E-state index in [1.807, 2.05) is 6.92 Å². The van der Waals surface area contributed by atoms with Crippen molar-refractivity contribution in [3.05, 3.63) is 34.6 Å². The molecule has 1 amide bonds. The Morgan fingerprint density at radius 3 is 2.88 bits per heavy atom. The second-order valence-electron chi connectivity index (χ2n) is 3.94. The van der Waals surface area contributed by atoms with Crippen LogP contribution in [0.5, 0.6) is 0 Å². The minimum Gasteiger partial charge on any atom is -0.356 e. The van der Waals surface area contributed by atoms with Gasteiger partial charge in [-0.3, -0.25) is 4.79 Å². The van der Waals surface area contributed by atoms with E-state index in [9.17, 15) is 9.18 Å². The van der Waals surface area contributed by atoms with Gasteiger partial charge < -0.3 is 5.32 Å². The third-order valence-electron chi connectivity index (χ3n) is 2.31. The molecule has 5 heteroatoms. The van der Waals surface area contributed by atoms with Crippen molar-refractivity contribution in [2.75, 3.05) is 11.9 Å². The van der Waals surface area contributed by atoms with Crippen molar-refractivity contribution in [3.8, 4) is 0 Å². The molecule has 17 heavy (non-hydrogen) atoms. The number of carbonyl (C=O) groups is 1. The van der Waals surface area contributed by atoms with E-state index in [0.29, 0.717) is 12.5 Å². The molecule has 1 aromatic rings. The van der Waals surface area contributed by atoms with Crippen LogP contribution in [0.1, 0.15) is 12.5 Å². The van der Waals surface area contributed by atoms with E-state index in [0.717, 1.165) is 5.33 Å². The maximum Gasteiger partial charge on any atom is 0.224 e. The molecular weight excluding hydrogens is 308 g/mol. The van der Waals surface area contributed by atoms with Crippen LogP contribution in [0.3, 0.4) is 0 Å². The zero-order valence-electron chi connectivity index (χ0n) is 9.47. The molecule has 0 saturated carbocycles. The lowest BCUT2D eigenvalue weighted by molar-refractivity contribution is -0.120. The first kappa shape index (κ1) is 14.5. The molecule has 0 aromatic heterocycles. The van der Waals surface area contributed by atoms with Crippen molar-refractivity contribution in [1.82, 2.24) is 5.32 Å². The minimum absolute atomic E-state index is 0.0273. The summed E-state index contributed by atoms with van der Waals surface area (Å²) in [4.78, 5) is 11.6. The lowest BCUT2D eigenvalue weighted by Crippen LogP contribution is -2.30. The van der Waals surface area contributed by atoms with Crippen LogP contribution in [0.15, 0.2) is 18.2 Å². The van der Waals surface area contributed by atoms with Crippen molar-refractivity contribution in [2.24, 2.45) is 5.92 Å². The number of alkyl halides is 1. The van der Waals surface area contributed by atoms with Crippen molar-refractivity contribution in [1.29, 1.82) is 0 Å². The van der Waals surface area contributed by atoms with Crippen LogP contribution in [-0.2, 0) is 11.2 Å². The molecule has 0 spiro atoms. The van der Waals surface area contributed by atoms with Crippen LogP contribution in [0, 0.1) is 11.7 Å². The lowest BCUT2D eigenvalue weighted by atomic mass is 10.1. The molecule has 2 nitrogen and oxygen atoms in total. The van der Waals surface area contributed by atoms with Gasteiger partial charge in [-0.05, 0) is 18.1 Å². The topological polar surface area (TPSA) is 29.1 Å². The Kier molecular flexibility index (Phi) is 5.92. The predicted octanol–water partition coefficient (Wildman–Crippen LogP) is 3.17. The molecule has 1 aromatic carbocycles. The van der Waals surface area contributed by atoms with E-state index in [1.165, 1.54) is 12.1 Å². The fourth-order valence-corrected chi connectivity index (χ4v) is 1.73. The van der Waals surface area contributed by atoms with Gasteiger partial charge in [-0.15, -0.1) is 0 Å². The number of hydrogen-bond acceptors (Lipinski definition) is 1. The molecule has 0 aliphatic heterocycles. The molecule has 0 radical (unpaired) electrons. The molecule has 0 aliphatic carbocycles. The third-order valence-corrected chi connectivity index (χ3v) is 3.77. The van der Waals surface area contributed by atoms with Gasteiger partial charge in [0.05, 0.1) is 6.42 Å². The van der Waals surface area contributed by atoms with Crippen LogP contribution in [0.2, 0.25) is 5.02 Å². The highest BCUT2D eigenvalue weighted by Crippen LogP contribution is 2.19. The number of amides is 1. The first-order valence-electron chi connectivity index (χ1n) is 5.30. The van der Waals surface area contributed by atoms with Gasteiger partial charge in [-0.25, -0.2) is 4.39 Å². The Labute approximate surface area is 114 Å². The molecule has 0 aliphatic rings. The lowest BCUT2D eigenvalue weighted by Gasteiger charge is -2.10. The Morgan fingerprint density at radius 1 is 1.59 bits per heavy atom. The first-order valence-corrected chi connectivity index (χ1v) is 6.80. The Hall–Kier alpha value is -0.610. The van der Waals surface area contributed by atoms with Gasteiger partial charge in [0.25, 0.3) is 0 Å². The quantitative estimate of drug-likeness (QED) is 0.829. The standard InChI is InChI=1S/C12H14BrClFNO/c1-8(6-13)7-16-12(17)5-9-10(14)3-2-4-11(9)15/h2-4,8H,5-7H2,1H3,(H,16,17). The van der Waals surface area contributed by atoms with E-state index in [-0.39, 0.29) is 22.9 Å². The fourth-order valence-electron chi connectivity index (χ4n) is 1.27. The van der Waals surface area contributed by atoms with Crippen LogP contribution in [-0.4, -0.2) is 17.8 Å². The van der Waals surface area contributed by atoms with Crippen LogP contribution in [0.25, 0.3) is 0 Å². The van der Waals surface area contributed by atoms with Gasteiger partial charge >= 0.3 is 0 Å². The summed E-state index contributed by atoms with van der Waals surface area (Å²) >= 11 is 9.16. The number of nitrogens with one attached hydrogen (secondary N) is 1. The maximum absolute atomic E-state index is 13.4. The Balaban J connectivity index is 2.56. The highest BCUT2D eigenvalue weighted by molar-refractivity contribution is 9.09. The van der Waals surface area contributed by atoms with E-state index >= 15 is 0 Å². The predicted molar refractivity (Wildman–Crippen MR) is 71.1 cm³/mol. The molecule has 1 rings (SSSR count).